The van der Waals surface area contributed by atoms with E-state index in [1.165, 1.54) is 11.3 Å². The molecule has 2 aromatic rings. The zero-order chi connectivity index (χ0) is 11.5. The lowest BCUT2D eigenvalue weighted by atomic mass is 10.3. The average Bonchev–Trinajstić information content (AvgIpc) is 2.78. The average molecular weight is 252 g/mol. The first-order valence-electron chi connectivity index (χ1n) is 4.79. The predicted octanol–water partition coefficient (Wildman–Crippen LogP) is 2.83. The van der Waals surface area contributed by atoms with E-state index < -0.39 is 5.44 Å². The van der Waals surface area contributed by atoms with E-state index in [-0.39, 0.29) is 0 Å². The van der Waals surface area contributed by atoms with E-state index in [9.17, 15) is 5.11 Å². The fourth-order valence-corrected chi connectivity index (χ4v) is 2.37. The number of benzene rings is 1. The minimum absolute atomic E-state index is 0.589. The second-order valence-corrected chi connectivity index (χ2v) is 4.65. The third-order valence-corrected chi connectivity index (χ3v) is 3.40. The summed E-state index contributed by atoms with van der Waals surface area (Å²) in [5, 5.41) is 11.9. The van der Waals surface area contributed by atoms with Gasteiger partial charge in [0.1, 0.15) is 5.44 Å². The monoisotopic (exact) mass is 252 g/mol. The minimum Gasteiger partial charge on any atom is -0.377 e. The molecule has 1 aromatic carbocycles. The molecule has 16 heavy (non-hydrogen) atoms. The lowest BCUT2D eigenvalue weighted by molar-refractivity contribution is 0.268. The Morgan fingerprint density at radius 3 is 2.62 bits per heavy atom. The van der Waals surface area contributed by atoms with Gasteiger partial charge in [-0.3, -0.25) is 0 Å². The van der Waals surface area contributed by atoms with Crippen molar-refractivity contribution in [3.05, 3.63) is 41.4 Å². The first kappa shape index (κ1) is 11.4. The van der Waals surface area contributed by atoms with Crippen LogP contribution in [0.15, 0.2) is 35.7 Å². The van der Waals surface area contributed by atoms with Crippen LogP contribution >= 0.6 is 24.0 Å². The minimum atomic E-state index is -0.811. The molecule has 0 saturated carbocycles. The van der Waals surface area contributed by atoms with Gasteiger partial charge in [-0.1, -0.05) is 18.2 Å². The first-order chi connectivity index (χ1) is 7.68. The maximum absolute atomic E-state index is 9.28. The third kappa shape index (κ3) is 2.37. The van der Waals surface area contributed by atoms with Crippen molar-refractivity contribution in [3.63, 3.8) is 0 Å². The van der Waals surface area contributed by atoms with Gasteiger partial charge in [-0.05, 0) is 12.1 Å². The number of thiol groups is 1. The van der Waals surface area contributed by atoms with Crippen LogP contribution in [-0.2, 0) is 0 Å². The summed E-state index contributed by atoms with van der Waals surface area (Å²) in [6, 6.07) is 9.96. The molecule has 0 aliphatic rings. The van der Waals surface area contributed by atoms with E-state index in [1.54, 1.807) is 0 Å². The Labute approximate surface area is 104 Å². The fourth-order valence-electron chi connectivity index (χ4n) is 1.31. The van der Waals surface area contributed by atoms with Gasteiger partial charge in [-0.15, -0.1) is 24.0 Å². The normalized spacial score (nSPS) is 12.4. The SMILES string of the molecule is CN(c1ccccc1)c1nc([C@H](O)S)cs1. The zero-order valence-corrected chi connectivity index (χ0v) is 10.4. The second kappa shape index (κ2) is 4.86. The van der Waals surface area contributed by atoms with Gasteiger partial charge < -0.3 is 10.0 Å². The van der Waals surface area contributed by atoms with E-state index in [0.29, 0.717) is 5.69 Å². The molecule has 1 N–H and O–H groups in total. The van der Waals surface area contributed by atoms with Crippen molar-refractivity contribution in [3.8, 4) is 0 Å². The van der Waals surface area contributed by atoms with Crippen LogP contribution in [0.5, 0.6) is 0 Å². The maximum Gasteiger partial charge on any atom is 0.189 e. The number of aliphatic hydroxyl groups excluding tert-OH is 1. The van der Waals surface area contributed by atoms with E-state index in [2.05, 4.69) is 17.6 Å². The summed E-state index contributed by atoms with van der Waals surface area (Å²) in [5.41, 5.74) is 0.845. The van der Waals surface area contributed by atoms with E-state index in [4.69, 9.17) is 0 Å². The molecule has 5 heteroatoms. The molecule has 0 bridgehead atoms. The zero-order valence-electron chi connectivity index (χ0n) is 8.74. The first-order valence-corrected chi connectivity index (χ1v) is 6.18. The van der Waals surface area contributed by atoms with Crippen molar-refractivity contribution in [1.29, 1.82) is 0 Å². The van der Waals surface area contributed by atoms with Crippen LogP contribution in [0.3, 0.4) is 0 Å². The van der Waals surface area contributed by atoms with Crippen molar-refractivity contribution < 1.29 is 5.11 Å². The third-order valence-electron chi connectivity index (χ3n) is 2.20. The summed E-state index contributed by atoms with van der Waals surface area (Å²) < 4.78 is 0. The highest BCUT2D eigenvalue weighted by Crippen LogP contribution is 2.29. The highest BCUT2D eigenvalue weighted by atomic mass is 32.1. The van der Waals surface area contributed by atoms with E-state index >= 15 is 0 Å². The number of hydrogen-bond donors (Lipinski definition) is 2. The van der Waals surface area contributed by atoms with Crippen molar-refractivity contribution >= 4 is 34.8 Å². The maximum atomic E-state index is 9.28. The smallest absolute Gasteiger partial charge is 0.189 e. The number of nitrogens with zero attached hydrogens (tertiary/aromatic N) is 2. The van der Waals surface area contributed by atoms with Gasteiger partial charge in [-0.25, -0.2) is 4.98 Å². The number of aromatic nitrogens is 1. The Morgan fingerprint density at radius 2 is 2.06 bits per heavy atom. The highest BCUT2D eigenvalue weighted by molar-refractivity contribution is 7.80. The standard InChI is InChI=1S/C11H12N2OS2/c1-13(8-5-3-2-4-6-8)11-12-9(7-16-11)10(14)15/h2-7,10,14-15H,1H3/t10-/m1/s1. The van der Waals surface area contributed by atoms with Crippen LogP contribution < -0.4 is 4.90 Å². The van der Waals surface area contributed by atoms with Gasteiger partial charge in [0.15, 0.2) is 5.13 Å². The van der Waals surface area contributed by atoms with Crippen molar-refractivity contribution in [2.75, 3.05) is 11.9 Å². The summed E-state index contributed by atoms with van der Waals surface area (Å²) in [5.74, 6) is 0. The van der Waals surface area contributed by atoms with Crippen LogP contribution in [0.4, 0.5) is 10.8 Å². The lowest BCUT2D eigenvalue weighted by Gasteiger charge is -2.15. The second-order valence-electron chi connectivity index (χ2n) is 3.32. The number of thiazole rings is 1. The quantitative estimate of drug-likeness (QED) is 0.651. The Morgan fingerprint density at radius 1 is 1.38 bits per heavy atom. The van der Waals surface area contributed by atoms with Gasteiger partial charge in [0.05, 0.1) is 5.69 Å². The molecule has 0 fully saturated rings. The fraction of sp³-hybridized carbons (Fsp3) is 0.182. The molecule has 0 radical (unpaired) electrons. The van der Waals surface area contributed by atoms with Gasteiger partial charge in [-0.2, -0.15) is 0 Å². The lowest BCUT2D eigenvalue weighted by Crippen LogP contribution is -2.08. The predicted molar refractivity (Wildman–Crippen MR) is 70.6 cm³/mol. The van der Waals surface area contributed by atoms with Crippen molar-refractivity contribution in [2.24, 2.45) is 0 Å². The summed E-state index contributed by atoms with van der Waals surface area (Å²) >= 11 is 5.42. The molecule has 1 heterocycles. The molecule has 1 atom stereocenters. The Kier molecular flexibility index (Phi) is 3.48. The molecule has 0 unspecified atom stereocenters. The number of para-hydroxylation sites is 1. The highest BCUT2D eigenvalue weighted by Gasteiger charge is 2.11. The van der Waals surface area contributed by atoms with Crippen LogP contribution in [-0.4, -0.2) is 17.1 Å². The van der Waals surface area contributed by atoms with Crippen LogP contribution in [0.25, 0.3) is 0 Å². The van der Waals surface area contributed by atoms with Gasteiger partial charge >= 0.3 is 0 Å². The van der Waals surface area contributed by atoms with Gasteiger partial charge in [0.25, 0.3) is 0 Å². The molecule has 0 saturated heterocycles. The van der Waals surface area contributed by atoms with Crippen LogP contribution in [0.2, 0.25) is 0 Å². The molecular weight excluding hydrogens is 240 g/mol. The van der Waals surface area contributed by atoms with Crippen molar-refractivity contribution in [1.82, 2.24) is 4.98 Å². The number of hydrogen-bond acceptors (Lipinski definition) is 5. The molecule has 2 rings (SSSR count). The summed E-state index contributed by atoms with van der Waals surface area (Å²) in [7, 11) is 1.95. The van der Waals surface area contributed by atoms with Crippen LogP contribution in [0, 0.1) is 0 Å². The molecular formula is C11H12N2OS2. The Bertz CT molecular complexity index is 456. The van der Waals surface area contributed by atoms with Gasteiger partial charge in [0.2, 0.25) is 0 Å². The summed E-state index contributed by atoms with van der Waals surface area (Å²) in [4.78, 5) is 6.28. The molecule has 0 aliphatic carbocycles. The van der Waals surface area contributed by atoms with Crippen molar-refractivity contribution in [2.45, 2.75) is 5.44 Å². The molecule has 0 amide bonds. The molecule has 0 spiro atoms. The Balaban J connectivity index is 2.24. The Hall–Kier alpha value is -1.04. The van der Waals surface area contributed by atoms with Crippen LogP contribution in [0.1, 0.15) is 11.1 Å². The topological polar surface area (TPSA) is 36.4 Å². The molecule has 1 aromatic heterocycles. The summed E-state index contributed by atoms with van der Waals surface area (Å²) in [6.07, 6.45) is 0. The molecule has 0 aliphatic heterocycles. The number of aliphatic hydroxyl groups is 1. The molecule has 84 valence electrons. The molecule has 3 nitrogen and oxygen atoms in total. The van der Waals surface area contributed by atoms with Gasteiger partial charge in [0, 0.05) is 18.1 Å². The number of rotatable bonds is 3. The largest absolute Gasteiger partial charge is 0.377 e. The van der Waals surface area contributed by atoms with E-state index in [1.807, 2.05) is 47.7 Å². The number of anilines is 2. The van der Waals surface area contributed by atoms with E-state index in [0.717, 1.165) is 10.8 Å². The summed E-state index contributed by atoms with van der Waals surface area (Å²) in [6.45, 7) is 0.